The Hall–Kier alpha value is -1.44. The minimum atomic E-state index is -4.03. The Balaban J connectivity index is 0.000000307. The molecule has 0 atom stereocenters. The van der Waals surface area contributed by atoms with Crippen molar-refractivity contribution < 1.29 is 22.5 Å². The van der Waals surface area contributed by atoms with Gasteiger partial charge in [-0.25, -0.2) is 0 Å². The van der Waals surface area contributed by atoms with E-state index in [0.29, 0.717) is 25.1 Å². The van der Waals surface area contributed by atoms with Crippen molar-refractivity contribution in [1.82, 2.24) is 0 Å². The van der Waals surface area contributed by atoms with Crippen LogP contribution in [0.15, 0.2) is 29.2 Å². The molecular weight excluding hydrogens is 378 g/mol. The van der Waals surface area contributed by atoms with Crippen LogP contribution >= 0.6 is 0 Å². The number of benzene rings is 1. The summed E-state index contributed by atoms with van der Waals surface area (Å²) in [5, 5.41) is 0. The van der Waals surface area contributed by atoms with E-state index in [-0.39, 0.29) is 16.3 Å². The standard InChI is InChI=1S/C14H27NO2.C7H8O3S/c1-2-3-10-17-13(16)11-14(12-15)8-6-4-5-7-9-14;1-6-4-2-3-5-7(6)11(8,9)10/h2-12,15H2,1H3;2-5H,1H3,(H,8,9,10). The molecule has 0 unspecified atom stereocenters. The lowest BCUT2D eigenvalue weighted by atomic mass is 9.77. The van der Waals surface area contributed by atoms with Crippen molar-refractivity contribution in [1.29, 1.82) is 0 Å². The van der Waals surface area contributed by atoms with Crippen LogP contribution in [0.2, 0.25) is 0 Å². The largest absolute Gasteiger partial charge is 0.466 e. The summed E-state index contributed by atoms with van der Waals surface area (Å²) in [5.41, 5.74) is 6.48. The second-order valence-corrected chi connectivity index (χ2v) is 9.00. The van der Waals surface area contributed by atoms with Gasteiger partial charge in [0, 0.05) is 0 Å². The number of unbranched alkanes of at least 4 members (excludes halogenated alkanes) is 1. The fourth-order valence-corrected chi connectivity index (χ4v) is 4.19. The van der Waals surface area contributed by atoms with Crippen LogP contribution in [-0.4, -0.2) is 32.1 Å². The molecule has 1 fully saturated rings. The Morgan fingerprint density at radius 2 is 1.79 bits per heavy atom. The van der Waals surface area contributed by atoms with Crippen LogP contribution in [0, 0.1) is 12.3 Å². The van der Waals surface area contributed by atoms with Gasteiger partial charge in [-0.15, -0.1) is 0 Å². The number of aryl methyl sites for hydroxylation is 1. The molecule has 1 aliphatic carbocycles. The van der Waals surface area contributed by atoms with E-state index in [2.05, 4.69) is 6.92 Å². The van der Waals surface area contributed by atoms with Gasteiger partial charge in [0.2, 0.25) is 0 Å². The van der Waals surface area contributed by atoms with Crippen LogP contribution in [0.1, 0.15) is 70.3 Å². The minimum absolute atomic E-state index is 0.0276. The summed E-state index contributed by atoms with van der Waals surface area (Å²) in [6, 6.07) is 6.27. The fourth-order valence-electron chi connectivity index (χ4n) is 3.47. The Kier molecular flexibility index (Phi) is 10.7. The molecule has 0 heterocycles. The Labute approximate surface area is 169 Å². The number of hydrogen-bond acceptors (Lipinski definition) is 5. The number of esters is 1. The van der Waals surface area contributed by atoms with Crippen molar-refractivity contribution in [2.45, 2.75) is 76.5 Å². The van der Waals surface area contributed by atoms with Crippen molar-refractivity contribution in [3.63, 3.8) is 0 Å². The van der Waals surface area contributed by atoms with Crippen molar-refractivity contribution >= 4 is 16.1 Å². The summed E-state index contributed by atoms with van der Waals surface area (Å²) in [6.45, 7) is 4.91. The highest BCUT2D eigenvalue weighted by atomic mass is 32.2. The van der Waals surface area contributed by atoms with Gasteiger partial charge in [0.05, 0.1) is 17.9 Å². The fraction of sp³-hybridized carbons (Fsp3) is 0.667. The number of carbonyl (C=O) groups is 1. The summed E-state index contributed by atoms with van der Waals surface area (Å²) in [7, 11) is -4.03. The maximum absolute atomic E-state index is 11.8. The summed E-state index contributed by atoms with van der Waals surface area (Å²) in [4.78, 5) is 11.8. The van der Waals surface area contributed by atoms with Gasteiger partial charge >= 0.3 is 5.97 Å². The number of carbonyl (C=O) groups excluding carboxylic acids is 1. The second-order valence-electron chi connectivity index (χ2n) is 7.61. The predicted octanol–water partition coefficient (Wildman–Crippen LogP) is 4.26. The summed E-state index contributed by atoms with van der Waals surface area (Å²) in [6.07, 6.45) is 9.71. The zero-order valence-corrected chi connectivity index (χ0v) is 18.0. The van der Waals surface area contributed by atoms with Crippen molar-refractivity contribution in [2.24, 2.45) is 11.1 Å². The van der Waals surface area contributed by atoms with Crippen LogP contribution < -0.4 is 5.73 Å². The Morgan fingerprint density at radius 3 is 2.25 bits per heavy atom. The molecule has 1 saturated carbocycles. The van der Waals surface area contributed by atoms with Gasteiger partial charge < -0.3 is 10.5 Å². The van der Waals surface area contributed by atoms with Crippen LogP contribution in [-0.2, 0) is 19.6 Å². The van der Waals surface area contributed by atoms with Crippen molar-refractivity contribution in [3.8, 4) is 0 Å². The van der Waals surface area contributed by atoms with E-state index in [1.807, 2.05) is 0 Å². The zero-order valence-electron chi connectivity index (χ0n) is 17.2. The maximum atomic E-state index is 11.8. The summed E-state index contributed by atoms with van der Waals surface area (Å²) < 4.78 is 35.1. The number of nitrogens with two attached hydrogens (primary N) is 1. The lowest BCUT2D eigenvalue weighted by Crippen LogP contribution is -2.33. The molecule has 28 heavy (non-hydrogen) atoms. The first-order chi connectivity index (χ1) is 13.2. The molecule has 6 nitrogen and oxygen atoms in total. The third-order valence-corrected chi connectivity index (χ3v) is 6.26. The lowest BCUT2D eigenvalue weighted by molar-refractivity contribution is -0.146. The Bertz CT molecular complexity index is 695. The molecule has 0 saturated heterocycles. The third kappa shape index (κ3) is 8.71. The van der Waals surface area contributed by atoms with Crippen LogP contribution in [0.4, 0.5) is 0 Å². The van der Waals surface area contributed by atoms with Gasteiger partial charge in [0.15, 0.2) is 0 Å². The highest BCUT2D eigenvalue weighted by Crippen LogP contribution is 2.37. The molecule has 1 aliphatic rings. The quantitative estimate of drug-likeness (QED) is 0.299. The molecule has 0 radical (unpaired) electrons. The van der Waals surface area contributed by atoms with E-state index in [1.54, 1.807) is 25.1 Å². The first-order valence-electron chi connectivity index (χ1n) is 10.1. The average Bonchev–Trinajstić information content (AvgIpc) is 2.88. The monoisotopic (exact) mass is 413 g/mol. The van der Waals surface area contributed by atoms with Gasteiger partial charge in [0.1, 0.15) is 0 Å². The molecule has 0 aromatic heterocycles. The molecule has 0 aliphatic heterocycles. The highest BCUT2D eigenvalue weighted by Gasteiger charge is 2.32. The molecule has 160 valence electrons. The lowest BCUT2D eigenvalue weighted by Gasteiger charge is -2.30. The summed E-state index contributed by atoms with van der Waals surface area (Å²) in [5.74, 6) is -0.0502. The van der Waals surface area contributed by atoms with Gasteiger partial charge in [-0.1, -0.05) is 57.2 Å². The van der Waals surface area contributed by atoms with Gasteiger partial charge in [0.25, 0.3) is 10.1 Å². The number of rotatable bonds is 7. The molecule has 1 aromatic rings. The van der Waals surface area contributed by atoms with Gasteiger partial charge in [-0.05, 0) is 49.8 Å². The van der Waals surface area contributed by atoms with E-state index >= 15 is 0 Å². The van der Waals surface area contributed by atoms with Crippen LogP contribution in [0.25, 0.3) is 0 Å². The topological polar surface area (TPSA) is 107 Å². The molecule has 0 bridgehead atoms. The molecule has 0 amide bonds. The van der Waals surface area contributed by atoms with E-state index in [1.165, 1.54) is 31.7 Å². The van der Waals surface area contributed by atoms with Crippen molar-refractivity contribution in [2.75, 3.05) is 13.2 Å². The highest BCUT2D eigenvalue weighted by molar-refractivity contribution is 7.85. The van der Waals surface area contributed by atoms with E-state index in [0.717, 1.165) is 25.7 Å². The second kappa shape index (κ2) is 12.2. The average molecular weight is 414 g/mol. The predicted molar refractivity (Wildman–Crippen MR) is 111 cm³/mol. The zero-order chi connectivity index (χ0) is 21.0. The van der Waals surface area contributed by atoms with Gasteiger partial charge in [-0.3, -0.25) is 9.35 Å². The van der Waals surface area contributed by atoms with E-state index in [9.17, 15) is 13.2 Å². The van der Waals surface area contributed by atoms with Crippen molar-refractivity contribution in [3.05, 3.63) is 29.8 Å². The van der Waals surface area contributed by atoms with E-state index in [4.69, 9.17) is 15.0 Å². The minimum Gasteiger partial charge on any atom is -0.466 e. The number of ether oxygens (including phenoxy) is 1. The molecule has 1 aromatic carbocycles. The summed E-state index contributed by atoms with van der Waals surface area (Å²) >= 11 is 0. The van der Waals surface area contributed by atoms with E-state index < -0.39 is 10.1 Å². The number of hydrogen-bond donors (Lipinski definition) is 2. The molecule has 3 N–H and O–H groups in total. The smallest absolute Gasteiger partial charge is 0.306 e. The Morgan fingerprint density at radius 1 is 1.18 bits per heavy atom. The van der Waals surface area contributed by atoms with Gasteiger partial charge in [-0.2, -0.15) is 8.42 Å². The van der Waals surface area contributed by atoms with Crippen LogP contribution in [0.3, 0.4) is 0 Å². The first-order valence-corrected chi connectivity index (χ1v) is 11.6. The maximum Gasteiger partial charge on any atom is 0.306 e. The SMILES string of the molecule is CCCCOC(=O)CC1(CN)CCCCCC1.Cc1ccccc1S(=O)(=O)O. The van der Waals surface area contributed by atoms with Crippen LogP contribution in [0.5, 0.6) is 0 Å². The molecule has 2 rings (SSSR count). The molecule has 0 spiro atoms. The molecule has 7 heteroatoms. The third-order valence-electron chi connectivity index (χ3n) is 5.25. The molecular formula is C21H35NO5S. The normalized spacial score (nSPS) is 16.4. The first kappa shape index (κ1) is 24.6.